The lowest BCUT2D eigenvalue weighted by atomic mass is 10.0. The molecule has 0 aromatic heterocycles. The fourth-order valence-corrected chi connectivity index (χ4v) is 2.91. The number of Topliss-reactive ketones (excluding diaryl/α,β-unsaturated/α-hetero) is 1. The molecule has 0 aliphatic carbocycles. The van der Waals surface area contributed by atoms with Gasteiger partial charge in [0.2, 0.25) is 0 Å². The average Bonchev–Trinajstić information content (AvgIpc) is 2.64. The van der Waals surface area contributed by atoms with Gasteiger partial charge in [-0.1, -0.05) is 58.8 Å². The van der Waals surface area contributed by atoms with Crippen molar-refractivity contribution in [1.29, 1.82) is 0 Å². The molecule has 1 aromatic rings. The van der Waals surface area contributed by atoms with E-state index in [0.29, 0.717) is 24.2 Å². The molecular formula is C22H34O4. The molecule has 4 nitrogen and oxygen atoms in total. The van der Waals surface area contributed by atoms with Crippen molar-refractivity contribution in [2.45, 2.75) is 90.6 Å². The van der Waals surface area contributed by atoms with Gasteiger partial charge in [-0.05, 0) is 43.5 Å². The summed E-state index contributed by atoms with van der Waals surface area (Å²) in [6.45, 7) is 4.29. The van der Waals surface area contributed by atoms with E-state index >= 15 is 0 Å². The molecule has 1 N–H and O–H groups in total. The lowest BCUT2D eigenvalue weighted by Crippen LogP contribution is -2.26. The number of carbonyl (C=O) groups excluding carboxylic acids is 1. The molecule has 0 fully saturated rings. The number of ketones is 1. The SMILES string of the molecule is CCCCCCCC[C@H](Oc1ccc(C(=O)CCCCC)cc1)C(=O)O. The van der Waals surface area contributed by atoms with Crippen molar-refractivity contribution in [2.24, 2.45) is 0 Å². The molecule has 1 atom stereocenters. The number of ether oxygens (including phenoxy) is 1. The molecule has 4 heteroatoms. The van der Waals surface area contributed by atoms with E-state index in [0.717, 1.165) is 38.5 Å². The Morgan fingerprint density at radius 1 is 0.885 bits per heavy atom. The molecule has 146 valence electrons. The van der Waals surface area contributed by atoms with E-state index < -0.39 is 12.1 Å². The minimum absolute atomic E-state index is 0.131. The molecule has 0 saturated heterocycles. The first kappa shape index (κ1) is 22.2. The number of carbonyl (C=O) groups is 2. The number of hydrogen-bond acceptors (Lipinski definition) is 3. The molecule has 0 radical (unpaired) electrons. The van der Waals surface area contributed by atoms with Crippen LogP contribution in [0, 0.1) is 0 Å². The van der Waals surface area contributed by atoms with Gasteiger partial charge in [0.25, 0.3) is 0 Å². The summed E-state index contributed by atoms with van der Waals surface area (Å²) in [5.41, 5.74) is 0.663. The van der Waals surface area contributed by atoms with Gasteiger partial charge in [-0.15, -0.1) is 0 Å². The van der Waals surface area contributed by atoms with Crippen molar-refractivity contribution in [3.05, 3.63) is 29.8 Å². The van der Waals surface area contributed by atoms with Crippen molar-refractivity contribution >= 4 is 11.8 Å². The second-order valence-corrected chi connectivity index (χ2v) is 6.91. The van der Waals surface area contributed by atoms with Crippen LogP contribution in [0.15, 0.2) is 24.3 Å². The summed E-state index contributed by atoms with van der Waals surface area (Å²) in [7, 11) is 0. The largest absolute Gasteiger partial charge is 0.479 e. The maximum Gasteiger partial charge on any atom is 0.344 e. The Morgan fingerprint density at radius 3 is 2.08 bits per heavy atom. The molecule has 0 spiro atoms. The smallest absolute Gasteiger partial charge is 0.344 e. The third kappa shape index (κ3) is 9.02. The molecule has 0 aliphatic rings. The summed E-state index contributed by atoms with van der Waals surface area (Å²) >= 11 is 0. The quantitative estimate of drug-likeness (QED) is 0.305. The van der Waals surface area contributed by atoms with Gasteiger partial charge in [0, 0.05) is 12.0 Å². The number of rotatable bonds is 15. The molecule has 26 heavy (non-hydrogen) atoms. The topological polar surface area (TPSA) is 63.6 Å². The summed E-state index contributed by atoms with van der Waals surface area (Å²) in [5.74, 6) is -0.293. The highest BCUT2D eigenvalue weighted by molar-refractivity contribution is 5.96. The Bertz CT molecular complexity index is 521. The van der Waals surface area contributed by atoms with Gasteiger partial charge >= 0.3 is 5.97 Å². The molecule has 0 bridgehead atoms. The first-order valence-electron chi connectivity index (χ1n) is 10.1. The van der Waals surface area contributed by atoms with Crippen LogP contribution >= 0.6 is 0 Å². The normalized spacial score (nSPS) is 11.9. The minimum atomic E-state index is -0.932. The van der Waals surface area contributed by atoms with Gasteiger partial charge in [0.1, 0.15) is 5.75 Å². The molecule has 0 saturated carbocycles. The number of carboxylic acids is 1. The first-order chi connectivity index (χ1) is 12.6. The number of carboxylic acid groups (broad SMARTS) is 1. The van der Waals surface area contributed by atoms with Gasteiger partial charge in [-0.2, -0.15) is 0 Å². The lowest BCUT2D eigenvalue weighted by molar-refractivity contribution is -0.145. The summed E-state index contributed by atoms with van der Waals surface area (Å²) in [6, 6.07) is 6.86. The number of hydrogen-bond donors (Lipinski definition) is 1. The number of benzene rings is 1. The Hall–Kier alpha value is -1.84. The standard InChI is InChI=1S/C22H34O4/c1-3-5-7-8-9-11-13-21(22(24)25)26-19-16-14-18(15-17-19)20(23)12-10-6-4-2/h14-17,21H,3-13H2,1-2H3,(H,24,25)/t21-/m0/s1. The maximum atomic E-state index is 12.1. The van der Waals surface area contributed by atoms with Crippen LogP contribution in [0.3, 0.4) is 0 Å². The highest BCUT2D eigenvalue weighted by Gasteiger charge is 2.19. The summed E-state index contributed by atoms with van der Waals surface area (Å²) in [5, 5.41) is 9.36. The molecular weight excluding hydrogens is 328 g/mol. The molecule has 0 amide bonds. The second kappa shape index (κ2) is 13.4. The van der Waals surface area contributed by atoms with Crippen LogP contribution in [0.1, 0.15) is 94.8 Å². The fourth-order valence-electron chi connectivity index (χ4n) is 2.91. The van der Waals surface area contributed by atoms with Gasteiger partial charge in [-0.3, -0.25) is 4.79 Å². The third-order valence-electron chi connectivity index (χ3n) is 4.56. The highest BCUT2D eigenvalue weighted by Crippen LogP contribution is 2.18. The Morgan fingerprint density at radius 2 is 1.46 bits per heavy atom. The second-order valence-electron chi connectivity index (χ2n) is 6.91. The van der Waals surface area contributed by atoms with Crippen LogP contribution in [-0.4, -0.2) is 23.0 Å². The minimum Gasteiger partial charge on any atom is -0.479 e. The zero-order chi connectivity index (χ0) is 19.2. The first-order valence-corrected chi connectivity index (χ1v) is 10.1. The van der Waals surface area contributed by atoms with Crippen molar-refractivity contribution in [2.75, 3.05) is 0 Å². The van der Waals surface area contributed by atoms with Crippen molar-refractivity contribution < 1.29 is 19.4 Å². The van der Waals surface area contributed by atoms with Crippen LogP contribution in [0.4, 0.5) is 0 Å². The Kier molecular flexibility index (Phi) is 11.4. The summed E-state index contributed by atoms with van der Waals surface area (Å²) in [6.07, 6.45) is 10.0. The van der Waals surface area contributed by atoms with E-state index in [-0.39, 0.29) is 5.78 Å². The predicted molar refractivity (Wildman–Crippen MR) is 105 cm³/mol. The van der Waals surface area contributed by atoms with Crippen LogP contribution < -0.4 is 4.74 Å². The Labute approximate surface area is 158 Å². The number of unbranched alkanes of at least 4 members (excludes halogenated alkanes) is 7. The monoisotopic (exact) mass is 362 g/mol. The Balaban J connectivity index is 2.45. The van der Waals surface area contributed by atoms with E-state index in [9.17, 15) is 14.7 Å². The maximum absolute atomic E-state index is 12.1. The zero-order valence-electron chi connectivity index (χ0n) is 16.3. The molecule has 0 unspecified atom stereocenters. The van der Waals surface area contributed by atoms with E-state index in [1.807, 2.05) is 0 Å². The highest BCUT2D eigenvalue weighted by atomic mass is 16.5. The van der Waals surface area contributed by atoms with E-state index in [4.69, 9.17) is 4.74 Å². The predicted octanol–water partition coefficient (Wildman–Crippen LogP) is 6.03. The van der Waals surface area contributed by atoms with Gasteiger partial charge < -0.3 is 9.84 Å². The molecule has 1 rings (SSSR count). The lowest BCUT2D eigenvalue weighted by Gasteiger charge is -2.15. The summed E-state index contributed by atoms with van der Waals surface area (Å²) in [4.78, 5) is 23.5. The van der Waals surface area contributed by atoms with Crippen LogP contribution in [0.5, 0.6) is 5.75 Å². The van der Waals surface area contributed by atoms with Crippen LogP contribution in [0.2, 0.25) is 0 Å². The van der Waals surface area contributed by atoms with E-state index in [1.165, 1.54) is 19.3 Å². The van der Waals surface area contributed by atoms with E-state index in [1.54, 1.807) is 24.3 Å². The zero-order valence-corrected chi connectivity index (χ0v) is 16.3. The van der Waals surface area contributed by atoms with Gasteiger partial charge in [-0.25, -0.2) is 4.79 Å². The average molecular weight is 363 g/mol. The molecule has 0 heterocycles. The summed E-state index contributed by atoms with van der Waals surface area (Å²) < 4.78 is 5.63. The van der Waals surface area contributed by atoms with Crippen LogP contribution in [-0.2, 0) is 4.79 Å². The number of aliphatic carboxylic acids is 1. The van der Waals surface area contributed by atoms with Crippen molar-refractivity contribution in [1.82, 2.24) is 0 Å². The van der Waals surface area contributed by atoms with Crippen molar-refractivity contribution in [3.8, 4) is 5.75 Å². The van der Waals surface area contributed by atoms with Crippen LogP contribution in [0.25, 0.3) is 0 Å². The molecule has 0 aliphatic heterocycles. The third-order valence-corrected chi connectivity index (χ3v) is 4.56. The fraction of sp³-hybridized carbons (Fsp3) is 0.636. The van der Waals surface area contributed by atoms with Gasteiger partial charge in [0.05, 0.1) is 0 Å². The van der Waals surface area contributed by atoms with E-state index in [2.05, 4.69) is 13.8 Å². The van der Waals surface area contributed by atoms with Crippen molar-refractivity contribution in [3.63, 3.8) is 0 Å². The molecule has 1 aromatic carbocycles. The van der Waals surface area contributed by atoms with Gasteiger partial charge in [0.15, 0.2) is 11.9 Å².